The number of carbonyl (C=O) groups excluding carboxylic acids is 2. The number of hydrazine groups is 1. The Morgan fingerprint density at radius 3 is 2.42 bits per heavy atom. The van der Waals surface area contributed by atoms with Gasteiger partial charge in [-0.05, 0) is 25.5 Å². The standard InChI is InChI=1S/C17H18ClN3O5/c1-10-9-12(19-26-10)16(22)20-7-4-8-21(20)17(23)14-13(24-2)6-5-11(18)15(14)25-3/h5-6,9H,4,7-8H2,1-3H3. The van der Waals surface area contributed by atoms with Crippen LogP contribution in [0, 0.1) is 6.92 Å². The molecule has 3 rings (SSSR count). The van der Waals surface area contributed by atoms with Crippen LogP contribution in [0.4, 0.5) is 0 Å². The quantitative estimate of drug-likeness (QED) is 0.811. The number of aryl methyl sites for hydroxylation is 1. The van der Waals surface area contributed by atoms with E-state index in [9.17, 15) is 9.59 Å². The van der Waals surface area contributed by atoms with E-state index in [0.717, 1.165) is 0 Å². The number of hydrogen-bond donors (Lipinski definition) is 0. The van der Waals surface area contributed by atoms with E-state index in [2.05, 4.69) is 5.16 Å². The van der Waals surface area contributed by atoms with E-state index in [4.69, 9.17) is 25.6 Å². The minimum Gasteiger partial charge on any atom is -0.496 e. The number of methoxy groups -OCH3 is 2. The first kappa shape index (κ1) is 18.1. The van der Waals surface area contributed by atoms with Crippen LogP contribution in [0.1, 0.15) is 33.0 Å². The Labute approximate surface area is 155 Å². The van der Waals surface area contributed by atoms with Crippen molar-refractivity contribution in [3.05, 3.63) is 40.2 Å². The van der Waals surface area contributed by atoms with E-state index in [-0.39, 0.29) is 22.0 Å². The first-order valence-electron chi connectivity index (χ1n) is 7.95. The highest BCUT2D eigenvalue weighted by molar-refractivity contribution is 6.32. The largest absolute Gasteiger partial charge is 0.496 e. The Balaban J connectivity index is 1.97. The molecule has 8 nitrogen and oxygen atoms in total. The molecule has 0 atom stereocenters. The first-order chi connectivity index (χ1) is 12.5. The minimum atomic E-state index is -0.438. The Bertz CT molecular complexity index is 851. The van der Waals surface area contributed by atoms with Gasteiger partial charge in [-0.15, -0.1) is 0 Å². The summed E-state index contributed by atoms with van der Waals surface area (Å²) in [5, 5.41) is 6.71. The lowest BCUT2D eigenvalue weighted by atomic mass is 10.1. The van der Waals surface area contributed by atoms with Crippen molar-refractivity contribution < 1.29 is 23.6 Å². The monoisotopic (exact) mass is 379 g/mol. The van der Waals surface area contributed by atoms with Crippen LogP contribution in [0.25, 0.3) is 0 Å². The van der Waals surface area contributed by atoms with Crippen LogP contribution >= 0.6 is 11.6 Å². The van der Waals surface area contributed by atoms with E-state index < -0.39 is 11.8 Å². The summed E-state index contributed by atoms with van der Waals surface area (Å²) < 4.78 is 15.5. The summed E-state index contributed by atoms with van der Waals surface area (Å²) in [6.45, 7) is 2.46. The summed E-state index contributed by atoms with van der Waals surface area (Å²) in [4.78, 5) is 25.9. The van der Waals surface area contributed by atoms with Crippen molar-refractivity contribution in [3.8, 4) is 11.5 Å². The van der Waals surface area contributed by atoms with Crippen LogP contribution in [0.3, 0.4) is 0 Å². The van der Waals surface area contributed by atoms with E-state index in [0.29, 0.717) is 31.0 Å². The summed E-state index contributed by atoms with van der Waals surface area (Å²) in [6.07, 6.45) is 0.638. The van der Waals surface area contributed by atoms with E-state index in [1.165, 1.54) is 30.3 Å². The third-order valence-electron chi connectivity index (χ3n) is 4.06. The van der Waals surface area contributed by atoms with Gasteiger partial charge in [-0.1, -0.05) is 16.8 Å². The predicted molar refractivity (Wildman–Crippen MR) is 92.5 cm³/mol. The fraction of sp³-hybridized carbons (Fsp3) is 0.353. The predicted octanol–water partition coefficient (Wildman–Crippen LogP) is 2.56. The Morgan fingerprint density at radius 2 is 1.85 bits per heavy atom. The van der Waals surface area contributed by atoms with Gasteiger partial charge in [0.05, 0.1) is 19.2 Å². The zero-order valence-corrected chi connectivity index (χ0v) is 15.4. The second kappa shape index (κ2) is 7.25. The zero-order valence-electron chi connectivity index (χ0n) is 14.6. The molecule has 2 heterocycles. The van der Waals surface area contributed by atoms with Crippen LogP contribution in [0.2, 0.25) is 5.02 Å². The SMILES string of the molecule is COc1ccc(Cl)c(OC)c1C(=O)N1CCCN1C(=O)c1cc(C)on1. The lowest BCUT2D eigenvalue weighted by molar-refractivity contribution is 0.0176. The van der Waals surface area contributed by atoms with Crippen molar-refractivity contribution in [1.82, 2.24) is 15.2 Å². The average molecular weight is 380 g/mol. The summed E-state index contributed by atoms with van der Waals surface area (Å²) >= 11 is 6.15. The van der Waals surface area contributed by atoms with Crippen LogP contribution in [-0.2, 0) is 0 Å². The van der Waals surface area contributed by atoms with Crippen LogP contribution in [-0.4, -0.2) is 54.3 Å². The molecule has 0 aliphatic carbocycles. The van der Waals surface area contributed by atoms with Crippen molar-refractivity contribution >= 4 is 23.4 Å². The van der Waals surface area contributed by atoms with Crippen LogP contribution in [0.15, 0.2) is 22.7 Å². The smallest absolute Gasteiger partial charge is 0.294 e. The highest BCUT2D eigenvalue weighted by Gasteiger charge is 2.36. The number of carbonyl (C=O) groups is 2. The molecule has 2 aromatic rings. The van der Waals surface area contributed by atoms with Gasteiger partial charge in [-0.25, -0.2) is 10.0 Å². The highest BCUT2D eigenvalue weighted by Crippen LogP contribution is 2.37. The first-order valence-corrected chi connectivity index (χ1v) is 8.33. The van der Waals surface area contributed by atoms with Gasteiger partial charge in [-0.3, -0.25) is 9.59 Å². The molecule has 0 bridgehead atoms. The van der Waals surface area contributed by atoms with Crippen molar-refractivity contribution in [1.29, 1.82) is 0 Å². The average Bonchev–Trinajstić information content (AvgIpc) is 3.29. The molecule has 0 radical (unpaired) electrons. The highest BCUT2D eigenvalue weighted by atomic mass is 35.5. The lowest BCUT2D eigenvalue weighted by Gasteiger charge is -2.28. The molecule has 1 aliphatic heterocycles. The lowest BCUT2D eigenvalue weighted by Crippen LogP contribution is -2.45. The number of aromatic nitrogens is 1. The van der Waals surface area contributed by atoms with Gasteiger partial charge in [0, 0.05) is 19.2 Å². The summed E-state index contributed by atoms with van der Waals surface area (Å²) in [7, 11) is 2.87. The zero-order chi connectivity index (χ0) is 18.8. The maximum Gasteiger partial charge on any atom is 0.294 e. The Hall–Kier alpha value is -2.74. The molecule has 1 fully saturated rings. The van der Waals surface area contributed by atoms with Gasteiger partial charge in [0.1, 0.15) is 17.1 Å². The normalized spacial score (nSPS) is 13.8. The second-order valence-corrected chi connectivity index (χ2v) is 6.10. The molecule has 2 amide bonds. The molecule has 1 saturated heterocycles. The number of benzene rings is 1. The molecular weight excluding hydrogens is 362 g/mol. The van der Waals surface area contributed by atoms with E-state index in [1.807, 2.05) is 0 Å². The topological polar surface area (TPSA) is 85.1 Å². The summed E-state index contributed by atoms with van der Waals surface area (Å²) in [6, 6.07) is 4.70. The van der Waals surface area contributed by atoms with Crippen molar-refractivity contribution in [2.75, 3.05) is 27.3 Å². The molecule has 1 aliphatic rings. The number of amides is 2. The van der Waals surface area contributed by atoms with Gasteiger partial charge < -0.3 is 14.0 Å². The maximum atomic E-state index is 13.2. The molecule has 9 heteroatoms. The minimum absolute atomic E-state index is 0.146. The molecule has 0 N–H and O–H groups in total. The van der Waals surface area contributed by atoms with Crippen LogP contribution < -0.4 is 9.47 Å². The fourth-order valence-electron chi connectivity index (χ4n) is 2.87. The van der Waals surface area contributed by atoms with Gasteiger partial charge in [0.2, 0.25) is 0 Å². The summed E-state index contributed by atoms with van der Waals surface area (Å²) in [5.41, 5.74) is 0.311. The van der Waals surface area contributed by atoms with Gasteiger partial charge in [0.15, 0.2) is 11.4 Å². The van der Waals surface area contributed by atoms with Crippen molar-refractivity contribution in [3.63, 3.8) is 0 Å². The van der Waals surface area contributed by atoms with Gasteiger partial charge in [-0.2, -0.15) is 0 Å². The Morgan fingerprint density at radius 1 is 1.15 bits per heavy atom. The van der Waals surface area contributed by atoms with Crippen molar-refractivity contribution in [2.45, 2.75) is 13.3 Å². The number of ether oxygens (including phenoxy) is 2. The number of rotatable bonds is 4. The molecule has 1 aromatic heterocycles. The second-order valence-electron chi connectivity index (χ2n) is 5.69. The molecular formula is C17H18ClN3O5. The third kappa shape index (κ3) is 3.08. The van der Waals surface area contributed by atoms with E-state index in [1.54, 1.807) is 19.1 Å². The maximum absolute atomic E-state index is 13.2. The van der Waals surface area contributed by atoms with Gasteiger partial charge >= 0.3 is 0 Å². The summed E-state index contributed by atoms with van der Waals surface area (Å²) in [5.74, 6) is 0.184. The number of halogens is 1. The molecule has 0 saturated carbocycles. The number of nitrogens with zero attached hydrogens (tertiary/aromatic N) is 3. The molecule has 0 spiro atoms. The molecule has 0 unspecified atom stereocenters. The Kier molecular flexibility index (Phi) is 5.03. The fourth-order valence-corrected chi connectivity index (χ4v) is 3.11. The third-order valence-corrected chi connectivity index (χ3v) is 4.35. The molecule has 26 heavy (non-hydrogen) atoms. The van der Waals surface area contributed by atoms with E-state index >= 15 is 0 Å². The van der Waals surface area contributed by atoms with Crippen molar-refractivity contribution in [2.24, 2.45) is 0 Å². The van der Waals surface area contributed by atoms with Crippen LogP contribution in [0.5, 0.6) is 11.5 Å². The molecule has 1 aromatic carbocycles. The van der Waals surface area contributed by atoms with Gasteiger partial charge in [0.25, 0.3) is 11.8 Å². The molecule has 138 valence electrons. The number of hydrogen-bond acceptors (Lipinski definition) is 6.